The van der Waals surface area contributed by atoms with Crippen molar-refractivity contribution < 1.29 is 26.4 Å². The van der Waals surface area contributed by atoms with Crippen molar-refractivity contribution in [3.63, 3.8) is 0 Å². The van der Waals surface area contributed by atoms with Crippen molar-refractivity contribution in [3.8, 4) is 11.1 Å². The van der Waals surface area contributed by atoms with Crippen molar-refractivity contribution in [2.24, 2.45) is 0 Å². The van der Waals surface area contributed by atoms with Gasteiger partial charge in [-0.3, -0.25) is 9.52 Å². The van der Waals surface area contributed by atoms with E-state index in [0.717, 1.165) is 12.1 Å². The third-order valence-electron chi connectivity index (χ3n) is 5.33. The molecular formula is C24H20F3N3O3S. The molecule has 176 valence electrons. The Kier molecular flexibility index (Phi) is 6.18. The van der Waals surface area contributed by atoms with Crippen LogP contribution in [0.1, 0.15) is 34.8 Å². The molecule has 0 spiro atoms. The van der Waals surface area contributed by atoms with E-state index in [1.54, 1.807) is 26.0 Å². The van der Waals surface area contributed by atoms with Gasteiger partial charge in [-0.05, 0) is 54.8 Å². The number of rotatable bonds is 7. The zero-order valence-corrected chi connectivity index (χ0v) is 19.1. The normalized spacial score (nSPS) is 11.7. The van der Waals surface area contributed by atoms with Gasteiger partial charge in [-0.1, -0.05) is 13.0 Å². The number of carbonyl (C=O) groups is 1. The minimum absolute atomic E-state index is 0.0459. The number of aryl methyl sites for hydroxylation is 1. The quantitative estimate of drug-likeness (QED) is 0.344. The van der Waals surface area contributed by atoms with Gasteiger partial charge < -0.3 is 4.98 Å². The summed E-state index contributed by atoms with van der Waals surface area (Å²) in [6, 6.07) is 7.62. The van der Waals surface area contributed by atoms with Gasteiger partial charge in [0.15, 0.2) is 5.82 Å². The highest BCUT2D eigenvalue weighted by Crippen LogP contribution is 2.30. The molecule has 0 aliphatic rings. The van der Waals surface area contributed by atoms with Gasteiger partial charge >= 0.3 is 0 Å². The summed E-state index contributed by atoms with van der Waals surface area (Å²) in [5, 5.41) is 0.307. The molecule has 0 fully saturated rings. The van der Waals surface area contributed by atoms with E-state index in [2.05, 4.69) is 14.7 Å². The summed E-state index contributed by atoms with van der Waals surface area (Å²) in [4.78, 5) is 20.3. The molecule has 0 amide bonds. The van der Waals surface area contributed by atoms with Crippen LogP contribution >= 0.6 is 0 Å². The number of sulfonamides is 1. The molecular weight excluding hydrogens is 467 g/mol. The first-order valence-corrected chi connectivity index (χ1v) is 12.0. The molecule has 2 heterocycles. The van der Waals surface area contributed by atoms with E-state index in [0.29, 0.717) is 34.1 Å². The zero-order chi connectivity index (χ0) is 24.6. The molecule has 0 atom stereocenters. The molecule has 0 saturated carbocycles. The number of nitrogens with one attached hydrogen (secondary N) is 2. The van der Waals surface area contributed by atoms with Gasteiger partial charge in [0.25, 0.3) is 0 Å². The van der Waals surface area contributed by atoms with Crippen molar-refractivity contribution in [3.05, 3.63) is 82.9 Å². The van der Waals surface area contributed by atoms with Crippen LogP contribution in [0.25, 0.3) is 22.2 Å². The van der Waals surface area contributed by atoms with Crippen LogP contribution in [0.15, 0.2) is 48.8 Å². The van der Waals surface area contributed by atoms with Gasteiger partial charge in [-0.15, -0.1) is 0 Å². The highest BCUT2D eigenvalue weighted by molar-refractivity contribution is 7.92. The summed E-state index contributed by atoms with van der Waals surface area (Å²) < 4.78 is 69.4. The van der Waals surface area contributed by atoms with E-state index in [1.165, 1.54) is 24.5 Å². The Balaban J connectivity index is 1.80. The van der Waals surface area contributed by atoms with Crippen molar-refractivity contribution in [1.82, 2.24) is 9.97 Å². The van der Waals surface area contributed by atoms with Gasteiger partial charge in [0.05, 0.1) is 17.0 Å². The number of pyridine rings is 1. The highest BCUT2D eigenvalue weighted by Gasteiger charge is 2.26. The molecule has 0 unspecified atom stereocenters. The molecule has 4 rings (SSSR count). The first kappa shape index (κ1) is 23.5. The number of ketones is 1. The fraction of sp³-hybridized carbons (Fsp3) is 0.167. The molecule has 0 saturated heterocycles. The zero-order valence-electron chi connectivity index (χ0n) is 18.2. The third kappa shape index (κ3) is 4.41. The average molecular weight is 488 g/mol. The van der Waals surface area contributed by atoms with Crippen LogP contribution in [-0.2, 0) is 10.0 Å². The molecule has 2 N–H and O–H groups in total. The lowest BCUT2D eigenvalue weighted by atomic mass is 9.98. The summed E-state index contributed by atoms with van der Waals surface area (Å²) in [6.45, 7) is 3.36. The predicted octanol–water partition coefficient (Wildman–Crippen LogP) is 5.34. The number of hydrogen-bond donors (Lipinski definition) is 2. The summed E-state index contributed by atoms with van der Waals surface area (Å²) in [6.07, 6.45) is 3.12. The van der Waals surface area contributed by atoms with Crippen LogP contribution < -0.4 is 4.72 Å². The van der Waals surface area contributed by atoms with Crippen LogP contribution in [-0.4, -0.2) is 29.9 Å². The molecule has 2 aromatic heterocycles. The van der Waals surface area contributed by atoms with Crippen LogP contribution in [0, 0.1) is 24.4 Å². The van der Waals surface area contributed by atoms with Crippen LogP contribution in [0.5, 0.6) is 0 Å². The molecule has 10 heteroatoms. The van der Waals surface area contributed by atoms with Crippen molar-refractivity contribution in [1.29, 1.82) is 0 Å². The molecule has 34 heavy (non-hydrogen) atoms. The minimum atomic E-state index is -3.86. The lowest BCUT2D eigenvalue weighted by molar-refractivity contribution is 0.103. The average Bonchev–Trinajstić information content (AvgIpc) is 3.19. The minimum Gasteiger partial charge on any atom is -0.345 e. The van der Waals surface area contributed by atoms with Gasteiger partial charge in [0.1, 0.15) is 17.3 Å². The molecule has 0 radical (unpaired) electrons. The Morgan fingerprint density at radius 3 is 2.59 bits per heavy atom. The highest BCUT2D eigenvalue weighted by atomic mass is 32.2. The van der Waals surface area contributed by atoms with Crippen molar-refractivity contribution in [2.75, 3.05) is 10.5 Å². The predicted molar refractivity (Wildman–Crippen MR) is 124 cm³/mol. The Morgan fingerprint density at radius 2 is 1.88 bits per heavy atom. The van der Waals surface area contributed by atoms with E-state index in [4.69, 9.17) is 0 Å². The van der Waals surface area contributed by atoms with E-state index < -0.39 is 44.5 Å². The number of nitrogens with zero attached hydrogens (tertiary/aromatic N) is 1. The van der Waals surface area contributed by atoms with Gasteiger partial charge in [0.2, 0.25) is 15.8 Å². The summed E-state index contributed by atoms with van der Waals surface area (Å²) in [7, 11) is -3.86. The number of hydrogen-bond acceptors (Lipinski definition) is 4. The van der Waals surface area contributed by atoms with Gasteiger partial charge in [0, 0.05) is 28.9 Å². The SMILES string of the molecule is CCCS(=O)(=O)Nc1ccc(F)c(C(=O)c2c[nH]c3ncc(-c4ccc(F)cc4C)cc23)c1F. The molecule has 0 aliphatic heterocycles. The molecule has 0 bridgehead atoms. The molecule has 2 aromatic carbocycles. The number of fused-ring (bicyclic) bond motifs is 1. The fourth-order valence-electron chi connectivity index (χ4n) is 3.75. The Morgan fingerprint density at radius 1 is 1.12 bits per heavy atom. The number of benzene rings is 2. The molecule has 4 aromatic rings. The number of H-pyrrole nitrogens is 1. The second-order valence-electron chi connectivity index (χ2n) is 7.82. The van der Waals surface area contributed by atoms with Crippen LogP contribution in [0.4, 0.5) is 18.9 Å². The van der Waals surface area contributed by atoms with Crippen molar-refractivity contribution in [2.45, 2.75) is 20.3 Å². The lowest BCUT2D eigenvalue weighted by Gasteiger charge is -2.11. The largest absolute Gasteiger partial charge is 0.345 e. The Bertz CT molecular complexity index is 1530. The maximum absolute atomic E-state index is 15.1. The van der Waals surface area contributed by atoms with E-state index >= 15 is 4.39 Å². The Hall–Kier alpha value is -3.66. The van der Waals surface area contributed by atoms with Crippen molar-refractivity contribution >= 4 is 32.5 Å². The number of aromatic amines is 1. The maximum atomic E-state index is 15.1. The monoisotopic (exact) mass is 487 g/mol. The Labute approximate surface area is 193 Å². The second kappa shape index (κ2) is 8.94. The molecule has 0 aliphatic carbocycles. The first-order valence-electron chi connectivity index (χ1n) is 10.4. The number of anilines is 1. The molecule has 6 nitrogen and oxygen atoms in total. The topological polar surface area (TPSA) is 91.9 Å². The maximum Gasteiger partial charge on any atom is 0.232 e. The summed E-state index contributed by atoms with van der Waals surface area (Å²) in [5.74, 6) is -4.07. The second-order valence-corrected chi connectivity index (χ2v) is 9.66. The fourth-order valence-corrected chi connectivity index (χ4v) is 4.88. The first-order chi connectivity index (χ1) is 16.1. The van der Waals surface area contributed by atoms with Crippen LogP contribution in [0.2, 0.25) is 0 Å². The van der Waals surface area contributed by atoms with E-state index in [9.17, 15) is 22.0 Å². The lowest BCUT2D eigenvalue weighted by Crippen LogP contribution is -2.18. The smallest absolute Gasteiger partial charge is 0.232 e. The number of halogens is 3. The third-order valence-corrected chi connectivity index (χ3v) is 6.81. The number of aromatic nitrogens is 2. The van der Waals surface area contributed by atoms with Crippen LogP contribution in [0.3, 0.4) is 0 Å². The summed E-state index contributed by atoms with van der Waals surface area (Å²) in [5.41, 5.74) is 0.775. The van der Waals surface area contributed by atoms with E-state index in [-0.39, 0.29) is 11.3 Å². The van der Waals surface area contributed by atoms with Gasteiger partial charge in [-0.25, -0.2) is 26.6 Å². The van der Waals surface area contributed by atoms with E-state index in [1.807, 2.05) is 0 Å². The van der Waals surface area contributed by atoms with Gasteiger partial charge in [-0.2, -0.15) is 0 Å². The summed E-state index contributed by atoms with van der Waals surface area (Å²) >= 11 is 0. The standard InChI is InChI=1S/C24H20F3N3O3S/c1-3-8-34(32,33)30-20-7-6-19(26)21(22(20)27)23(31)18-12-29-24-17(18)10-14(11-28-24)16-5-4-15(25)9-13(16)2/h4-7,9-12,30H,3,8H2,1-2H3,(H,28,29). The number of carbonyl (C=O) groups excluding carboxylic acids is 1.